The Morgan fingerprint density at radius 3 is 2.50 bits per heavy atom. The van der Waals surface area contributed by atoms with Gasteiger partial charge in [-0.1, -0.05) is 33.6 Å². The number of halogens is 1. The second-order valence-electron chi connectivity index (χ2n) is 5.42. The van der Waals surface area contributed by atoms with E-state index < -0.39 is 0 Å². The van der Waals surface area contributed by atoms with Gasteiger partial charge in [0.1, 0.15) is 0 Å². The summed E-state index contributed by atoms with van der Waals surface area (Å²) in [5.74, 6) is 0.835. The first-order valence-electron chi connectivity index (χ1n) is 7.55. The first-order valence-corrected chi connectivity index (χ1v) is 8.34. The van der Waals surface area contributed by atoms with Gasteiger partial charge in [0.2, 0.25) is 17.7 Å². The molecule has 1 N–H and O–H groups in total. The van der Waals surface area contributed by atoms with Gasteiger partial charge in [-0.2, -0.15) is 0 Å². The number of amides is 1. The molecule has 0 aliphatic heterocycles. The minimum Gasteiger partial charge on any atom is -0.421 e. The standard InChI is InChI=1S/C18H16BrN3O2/c1-12-2-4-13(5-3-12)18-22-21-17(24-18)11-10-16(23)20-15-8-6-14(19)7-9-15/h2-9H,10-11H2,1H3,(H,20,23). The molecule has 24 heavy (non-hydrogen) atoms. The summed E-state index contributed by atoms with van der Waals surface area (Å²) < 4.78 is 6.59. The average Bonchev–Trinajstić information content (AvgIpc) is 3.05. The van der Waals surface area contributed by atoms with Crippen LogP contribution in [0.4, 0.5) is 5.69 Å². The van der Waals surface area contributed by atoms with Crippen LogP contribution >= 0.6 is 15.9 Å². The third kappa shape index (κ3) is 4.29. The zero-order valence-corrected chi connectivity index (χ0v) is 14.7. The molecule has 5 nitrogen and oxygen atoms in total. The number of carbonyl (C=O) groups is 1. The number of hydrogen-bond donors (Lipinski definition) is 1. The Bertz CT molecular complexity index is 826. The van der Waals surface area contributed by atoms with Gasteiger partial charge in [-0.05, 0) is 43.3 Å². The maximum Gasteiger partial charge on any atom is 0.247 e. The highest BCUT2D eigenvalue weighted by atomic mass is 79.9. The van der Waals surface area contributed by atoms with Crippen LogP contribution in [0.1, 0.15) is 17.9 Å². The lowest BCUT2D eigenvalue weighted by atomic mass is 10.1. The molecule has 122 valence electrons. The second-order valence-corrected chi connectivity index (χ2v) is 6.34. The van der Waals surface area contributed by atoms with Crippen molar-refractivity contribution in [3.8, 4) is 11.5 Å². The number of benzene rings is 2. The Kier molecular flexibility index (Phi) is 5.05. The van der Waals surface area contributed by atoms with E-state index >= 15 is 0 Å². The van der Waals surface area contributed by atoms with E-state index in [0.29, 0.717) is 18.2 Å². The summed E-state index contributed by atoms with van der Waals surface area (Å²) in [5.41, 5.74) is 2.80. The predicted molar refractivity (Wildman–Crippen MR) is 95.6 cm³/mol. The first-order chi connectivity index (χ1) is 11.6. The Balaban J connectivity index is 1.56. The zero-order chi connectivity index (χ0) is 16.9. The molecule has 0 bridgehead atoms. The molecule has 3 rings (SSSR count). The molecule has 6 heteroatoms. The molecule has 0 aliphatic rings. The van der Waals surface area contributed by atoms with Crippen LogP contribution < -0.4 is 5.32 Å². The van der Waals surface area contributed by atoms with Gasteiger partial charge in [0.25, 0.3) is 0 Å². The van der Waals surface area contributed by atoms with Crippen molar-refractivity contribution in [3.63, 3.8) is 0 Å². The normalized spacial score (nSPS) is 10.6. The maximum atomic E-state index is 12.0. The lowest BCUT2D eigenvalue weighted by Crippen LogP contribution is -2.12. The number of aromatic nitrogens is 2. The summed E-state index contributed by atoms with van der Waals surface area (Å²) in [6, 6.07) is 15.3. The number of rotatable bonds is 5. The van der Waals surface area contributed by atoms with E-state index in [2.05, 4.69) is 31.4 Å². The van der Waals surface area contributed by atoms with Gasteiger partial charge >= 0.3 is 0 Å². The van der Waals surface area contributed by atoms with Gasteiger partial charge in [0.15, 0.2) is 0 Å². The Morgan fingerprint density at radius 2 is 1.79 bits per heavy atom. The Labute approximate surface area is 148 Å². The van der Waals surface area contributed by atoms with Gasteiger partial charge in [0.05, 0.1) is 0 Å². The molecule has 0 unspecified atom stereocenters. The topological polar surface area (TPSA) is 68.0 Å². The molecule has 0 saturated carbocycles. The Morgan fingerprint density at radius 1 is 1.08 bits per heavy atom. The molecule has 0 radical (unpaired) electrons. The maximum absolute atomic E-state index is 12.0. The number of nitrogens with zero attached hydrogens (tertiary/aromatic N) is 2. The van der Waals surface area contributed by atoms with Crippen LogP contribution in [0.5, 0.6) is 0 Å². The summed E-state index contributed by atoms with van der Waals surface area (Å²) >= 11 is 3.36. The van der Waals surface area contributed by atoms with E-state index in [9.17, 15) is 4.79 Å². The number of anilines is 1. The van der Waals surface area contributed by atoms with Crippen LogP contribution in [0.2, 0.25) is 0 Å². The van der Waals surface area contributed by atoms with Gasteiger partial charge in [-0.15, -0.1) is 10.2 Å². The molecule has 3 aromatic rings. The third-order valence-corrected chi connectivity index (χ3v) is 3.99. The molecular formula is C18H16BrN3O2. The highest BCUT2D eigenvalue weighted by Gasteiger charge is 2.10. The lowest BCUT2D eigenvalue weighted by Gasteiger charge is -2.03. The first kappa shape index (κ1) is 16.4. The van der Waals surface area contributed by atoms with E-state index in [1.54, 1.807) is 0 Å². The second kappa shape index (κ2) is 7.40. The predicted octanol–water partition coefficient (Wildman–Crippen LogP) is 4.38. The smallest absolute Gasteiger partial charge is 0.247 e. The van der Waals surface area contributed by atoms with Crippen LogP contribution in [0, 0.1) is 6.92 Å². The van der Waals surface area contributed by atoms with Gasteiger partial charge < -0.3 is 9.73 Å². The molecule has 0 spiro atoms. The molecule has 1 aromatic heterocycles. The fraction of sp³-hybridized carbons (Fsp3) is 0.167. The monoisotopic (exact) mass is 385 g/mol. The minimum absolute atomic E-state index is 0.0904. The molecule has 1 amide bonds. The van der Waals surface area contributed by atoms with E-state index in [0.717, 1.165) is 15.7 Å². The molecule has 0 aliphatic carbocycles. The van der Waals surface area contributed by atoms with Crippen LogP contribution in [0.3, 0.4) is 0 Å². The zero-order valence-electron chi connectivity index (χ0n) is 13.1. The van der Waals surface area contributed by atoms with Gasteiger partial charge in [0, 0.05) is 28.6 Å². The molecule has 0 atom stereocenters. The van der Waals surface area contributed by atoms with Crippen molar-refractivity contribution in [2.75, 3.05) is 5.32 Å². The number of nitrogens with one attached hydrogen (secondary N) is 1. The van der Waals surface area contributed by atoms with Crippen molar-refractivity contribution in [2.45, 2.75) is 19.8 Å². The lowest BCUT2D eigenvalue weighted by molar-refractivity contribution is -0.116. The largest absolute Gasteiger partial charge is 0.421 e. The third-order valence-electron chi connectivity index (χ3n) is 3.46. The molecule has 0 saturated heterocycles. The summed E-state index contributed by atoms with van der Waals surface area (Å²) in [4.78, 5) is 12.0. The summed E-state index contributed by atoms with van der Waals surface area (Å²) in [6.07, 6.45) is 0.687. The average molecular weight is 386 g/mol. The van der Waals surface area contributed by atoms with Crippen LogP contribution in [0.15, 0.2) is 57.4 Å². The van der Waals surface area contributed by atoms with Crippen molar-refractivity contribution in [1.29, 1.82) is 0 Å². The van der Waals surface area contributed by atoms with Crippen molar-refractivity contribution in [2.24, 2.45) is 0 Å². The highest BCUT2D eigenvalue weighted by Crippen LogP contribution is 2.19. The summed E-state index contributed by atoms with van der Waals surface area (Å²) in [5, 5.41) is 10.9. The van der Waals surface area contributed by atoms with Crippen LogP contribution in [-0.2, 0) is 11.2 Å². The van der Waals surface area contributed by atoms with Crippen molar-refractivity contribution in [1.82, 2.24) is 10.2 Å². The molecule has 2 aromatic carbocycles. The molecule has 1 heterocycles. The highest BCUT2D eigenvalue weighted by molar-refractivity contribution is 9.10. The quantitative estimate of drug-likeness (QED) is 0.707. The van der Waals surface area contributed by atoms with E-state index in [4.69, 9.17) is 4.42 Å². The van der Waals surface area contributed by atoms with E-state index in [1.807, 2.05) is 55.5 Å². The van der Waals surface area contributed by atoms with Crippen molar-refractivity contribution < 1.29 is 9.21 Å². The summed E-state index contributed by atoms with van der Waals surface area (Å²) in [7, 11) is 0. The summed E-state index contributed by atoms with van der Waals surface area (Å²) in [6.45, 7) is 2.02. The number of carbonyl (C=O) groups excluding carboxylic acids is 1. The van der Waals surface area contributed by atoms with E-state index in [-0.39, 0.29) is 12.3 Å². The van der Waals surface area contributed by atoms with Crippen LogP contribution in [-0.4, -0.2) is 16.1 Å². The van der Waals surface area contributed by atoms with E-state index in [1.165, 1.54) is 5.56 Å². The molecular weight excluding hydrogens is 370 g/mol. The SMILES string of the molecule is Cc1ccc(-c2nnc(CCC(=O)Nc3ccc(Br)cc3)o2)cc1. The van der Waals surface area contributed by atoms with Gasteiger partial charge in [-0.3, -0.25) is 4.79 Å². The van der Waals surface area contributed by atoms with Crippen molar-refractivity contribution in [3.05, 3.63) is 64.5 Å². The van der Waals surface area contributed by atoms with Gasteiger partial charge in [-0.25, -0.2) is 0 Å². The molecule has 0 fully saturated rings. The van der Waals surface area contributed by atoms with Crippen molar-refractivity contribution >= 4 is 27.5 Å². The number of aryl methyl sites for hydroxylation is 2. The number of hydrogen-bond acceptors (Lipinski definition) is 4. The fourth-order valence-electron chi connectivity index (χ4n) is 2.14. The Hall–Kier alpha value is -2.47. The fourth-order valence-corrected chi connectivity index (χ4v) is 2.41. The minimum atomic E-state index is -0.0904. The van der Waals surface area contributed by atoms with Crippen LogP contribution in [0.25, 0.3) is 11.5 Å².